The smallest absolute Gasteiger partial charge is 0.228 e. The molecule has 3 aliphatic rings. The molecular weight excluding hydrogens is 288 g/mol. The van der Waals surface area contributed by atoms with Gasteiger partial charge in [-0.15, -0.1) is 0 Å². The van der Waals surface area contributed by atoms with Gasteiger partial charge in [0.15, 0.2) is 5.78 Å². The quantitative estimate of drug-likeness (QED) is 0.802. The number of fused-ring (bicyclic) bond motifs is 3. The van der Waals surface area contributed by atoms with Gasteiger partial charge in [-0.1, -0.05) is 30.3 Å². The molecule has 0 N–H and O–H groups in total. The first kappa shape index (κ1) is 15.8. The Labute approximate surface area is 137 Å². The molecule has 2 bridgehead atoms. The molecule has 23 heavy (non-hydrogen) atoms. The Morgan fingerprint density at radius 3 is 2.57 bits per heavy atom. The Morgan fingerprint density at radius 1 is 1.26 bits per heavy atom. The van der Waals surface area contributed by atoms with Crippen molar-refractivity contribution in [3.63, 3.8) is 0 Å². The predicted molar refractivity (Wildman–Crippen MR) is 90.5 cm³/mol. The number of carbonyl (C=O) groups excluding carboxylic acids is 2. The molecule has 3 saturated heterocycles. The zero-order chi connectivity index (χ0) is 16.4. The minimum Gasteiger partial charge on any atom is -0.368 e. The van der Waals surface area contributed by atoms with E-state index in [-0.39, 0.29) is 23.5 Å². The lowest BCUT2D eigenvalue weighted by molar-refractivity contribution is -0.146. The number of benzene rings is 1. The number of amides is 1. The summed E-state index contributed by atoms with van der Waals surface area (Å²) in [6, 6.07) is 9.92. The van der Waals surface area contributed by atoms with Crippen molar-refractivity contribution in [2.45, 2.75) is 20.3 Å². The Hall–Kier alpha value is -2.10. The summed E-state index contributed by atoms with van der Waals surface area (Å²) in [5.74, 6) is -0.0548. The van der Waals surface area contributed by atoms with Gasteiger partial charge in [0.25, 0.3) is 0 Å². The molecule has 0 unspecified atom stereocenters. The molecular formula is C19H24N2O2. The first-order valence-corrected chi connectivity index (χ1v) is 8.50. The van der Waals surface area contributed by atoms with E-state index in [1.807, 2.05) is 55.2 Å². The Bertz CT molecular complexity index is 620. The first-order chi connectivity index (χ1) is 11.2. The monoisotopic (exact) mass is 312 g/mol. The van der Waals surface area contributed by atoms with Crippen LogP contribution in [0.2, 0.25) is 0 Å². The van der Waals surface area contributed by atoms with Crippen LogP contribution in [0.15, 0.2) is 36.0 Å². The van der Waals surface area contributed by atoms with Gasteiger partial charge in [-0.3, -0.25) is 9.59 Å². The van der Waals surface area contributed by atoms with Gasteiger partial charge in [0.1, 0.15) is 0 Å². The summed E-state index contributed by atoms with van der Waals surface area (Å²) in [6.45, 7) is 6.94. The molecule has 1 aromatic carbocycles. The molecule has 0 spiro atoms. The van der Waals surface area contributed by atoms with Gasteiger partial charge in [-0.25, -0.2) is 0 Å². The van der Waals surface area contributed by atoms with Crippen LogP contribution < -0.4 is 0 Å². The molecule has 1 aromatic rings. The Balaban J connectivity index is 1.83. The van der Waals surface area contributed by atoms with E-state index in [0.29, 0.717) is 19.6 Å². The molecule has 0 radical (unpaired) electrons. The second kappa shape index (κ2) is 6.57. The van der Waals surface area contributed by atoms with E-state index < -0.39 is 0 Å². The lowest BCUT2D eigenvalue weighted by Gasteiger charge is -2.46. The zero-order valence-corrected chi connectivity index (χ0v) is 13.9. The minimum atomic E-state index is -0.177. The van der Waals surface area contributed by atoms with Crippen LogP contribution in [0.5, 0.6) is 0 Å². The first-order valence-electron chi connectivity index (χ1n) is 8.50. The van der Waals surface area contributed by atoms with Gasteiger partial charge in [0.05, 0.1) is 11.6 Å². The fraction of sp³-hybridized carbons (Fsp3) is 0.474. The van der Waals surface area contributed by atoms with Gasteiger partial charge in [0, 0.05) is 32.1 Å². The number of hydrogen-bond acceptors (Lipinski definition) is 3. The van der Waals surface area contributed by atoms with Crippen LogP contribution in [0.25, 0.3) is 6.08 Å². The van der Waals surface area contributed by atoms with Gasteiger partial charge in [-0.2, -0.15) is 0 Å². The summed E-state index contributed by atoms with van der Waals surface area (Å²) in [7, 11) is 0. The number of Topliss-reactive ketones (excluding diaryl/α,β-unsaturated/α-hetero) is 1. The molecule has 3 heterocycles. The van der Waals surface area contributed by atoms with Gasteiger partial charge < -0.3 is 9.80 Å². The highest BCUT2D eigenvalue weighted by Gasteiger charge is 2.46. The summed E-state index contributed by atoms with van der Waals surface area (Å²) in [6.07, 6.45) is 2.76. The van der Waals surface area contributed by atoms with Crippen LogP contribution >= 0.6 is 0 Å². The van der Waals surface area contributed by atoms with E-state index in [9.17, 15) is 9.59 Å². The molecule has 3 fully saturated rings. The Kier molecular flexibility index (Phi) is 4.51. The average Bonchev–Trinajstić information content (AvgIpc) is 2.59. The van der Waals surface area contributed by atoms with Crippen molar-refractivity contribution < 1.29 is 9.59 Å². The highest BCUT2D eigenvalue weighted by atomic mass is 16.2. The van der Waals surface area contributed by atoms with E-state index >= 15 is 0 Å². The van der Waals surface area contributed by atoms with Crippen molar-refractivity contribution in [3.8, 4) is 0 Å². The number of nitrogens with zero attached hydrogens (tertiary/aromatic N) is 2. The zero-order valence-electron chi connectivity index (χ0n) is 13.9. The van der Waals surface area contributed by atoms with Crippen LogP contribution in [-0.4, -0.2) is 47.7 Å². The van der Waals surface area contributed by atoms with E-state index in [4.69, 9.17) is 0 Å². The number of hydrogen-bond donors (Lipinski definition) is 0. The fourth-order valence-electron chi connectivity index (χ4n) is 3.72. The highest BCUT2D eigenvalue weighted by molar-refractivity contribution is 6.04. The molecule has 4 nitrogen and oxygen atoms in total. The van der Waals surface area contributed by atoms with Crippen molar-refractivity contribution in [1.82, 2.24) is 9.80 Å². The van der Waals surface area contributed by atoms with E-state index in [2.05, 4.69) is 4.90 Å². The number of carbonyl (C=O) groups is 2. The number of rotatable bonds is 4. The van der Waals surface area contributed by atoms with E-state index in [1.165, 1.54) is 0 Å². The third-order valence-electron chi connectivity index (χ3n) is 5.04. The lowest BCUT2D eigenvalue weighted by Crippen LogP contribution is -2.56. The standard InChI is InChI=1S/C19H24N2O2/c1-3-20(4-2)19(23)16-13-21-11-10-15(16)18(22)17(21)12-14-8-6-5-7-9-14/h5-9,12,15-16H,3-4,10-11,13H2,1-2H3/t15-,16+/m1/s1. The molecule has 0 saturated carbocycles. The number of piperidine rings is 3. The van der Waals surface area contributed by atoms with Crippen LogP contribution in [-0.2, 0) is 9.59 Å². The summed E-state index contributed by atoms with van der Waals surface area (Å²) in [5.41, 5.74) is 1.81. The van der Waals surface area contributed by atoms with Crippen molar-refractivity contribution in [3.05, 3.63) is 41.6 Å². The summed E-state index contributed by atoms with van der Waals surface area (Å²) < 4.78 is 0. The molecule has 4 heteroatoms. The molecule has 3 aliphatic heterocycles. The minimum absolute atomic E-state index is 0.136. The molecule has 0 aromatic heterocycles. The van der Waals surface area contributed by atoms with Crippen LogP contribution in [0.4, 0.5) is 0 Å². The van der Waals surface area contributed by atoms with Crippen LogP contribution in [0, 0.1) is 11.8 Å². The molecule has 0 aliphatic carbocycles. The second-order valence-electron chi connectivity index (χ2n) is 6.26. The summed E-state index contributed by atoms with van der Waals surface area (Å²) >= 11 is 0. The molecule has 122 valence electrons. The van der Waals surface area contributed by atoms with Crippen molar-refractivity contribution in [2.24, 2.45) is 11.8 Å². The number of allylic oxidation sites excluding steroid dienone is 1. The topological polar surface area (TPSA) is 40.6 Å². The van der Waals surface area contributed by atoms with Gasteiger partial charge in [-0.05, 0) is 31.9 Å². The van der Waals surface area contributed by atoms with Gasteiger partial charge >= 0.3 is 0 Å². The maximum absolute atomic E-state index is 12.8. The van der Waals surface area contributed by atoms with Crippen molar-refractivity contribution >= 4 is 17.8 Å². The largest absolute Gasteiger partial charge is 0.368 e. The molecule has 1 amide bonds. The predicted octanol–water partition coefficient (Wildman–Crippen LogP) is 2.42. The van der Waals surface area contributed by atoms with E-state index in [0.717, 1.165) is 24.2 Å². The third kappa shape index (κ3) is 2.90. The third-order valence-corrected chi connectivity index (χ3v) is 5.04. The normalized spacial score (nSPS) is 25.0. The maximum Gasteiger partial charge on any atom is 0.228 e. The maximum atomic E-state index is 12.8. The van der Waals surface area contributed by atoms with Crippen molar-refractivity contribution in [2.75, 3.05) is 26.2 Å². The Morgan fingerprint density at radius 2 is 1.96 bits per heavy atom. The van der Waals surface area contributed by atoms with Gasteiger partial charge in [0.2, 0.25) is 5.91 Å². The summed E-state index contributed by atoms with van der Waals surface area (Å²) in [4.78, 5) is 29.5. The summed E-state index contributed by atoms with van der Waals surface area (Å²) in [5, 5.41) is 0. The average molecular weight is 312 g/mol. The molecule has 4 rings (SSSR count). The highest BCUT2D eigenvalue weighted by Crippen LogP contribution is 2.37. The lowest BCUT2D eigenvalue weighted by atomic mass is 9.75. The molecule has 2 atom stereocenters. The van der Waals surface area contributed by atoms with Crippen LogP contribution in [0.3, 0.4) is 0 Å². The second-order valence-corrected chi connectivity index (χ2v) is 6.26. The van der Waals surface area contributed by atoms with Crippen LogP contribution in [0.1, 0.15) is 25.8 Å². The number of ketones is 1. The SMILES string of the molecule is CCN(CC)C(=O)[C@H]1CN2CC[C@H]1C(=O)C2=Cc1ccccc1. The van der Waals surface area contributed by atoms with E-state index in [1.54, 1.807) is 0 Å². The fourth-order valence-corrected chi connectivity index (χ4v) is 3.72. The van der Waals surface area contributed by atoms with Crippen molar-refractivity contribution in [1.29, 1.82) is 0 Å².